The monoisotopic (exact) mass is 296 g/mol. The van der Waals surface area contributed by atoms with Crippen LogP contribution in [0.4, 0.5) is 0 Å². The number of rotatable bonds is 6. The van der Waals surface area contributed by atoms with E-state index in [1.54, 1.807) is 6.08 Å². The normalized spacial score (nSPS) is 10.1. The number of allylic oxidation sites excluding steroid dienone is 1. The van der Waals surface area contributed by atoms with Gasteiger partial charge in [-0.25, -0.2) is 4.79 Å². The lowest BCUT2D eigenvalue weighted by atomic mass is 10.1. The van der Waals surface area contributed by atoms with E-state index in [9.17, 15) is 4.79 Å². The van der Waals surface area contributed by atoms with E-state index < -0.39 is 5.97 Å². The maximum atomic E-state index is 11.9. The zero-order valence-corrected chi connectivity index (χ0v) is 13.0. The van der Waals surface area contributed by atoms with Crippen molar-refractivity contribution in [3.8, 4) is 11.5 Å². The molecular formula is C19H20O3. The average Bonchev–Trinajstić information content (AvgIpc) is 2.45. The van der Waals surface area contributed by atoms with Crippen LogP contribution in [0.1, 0.15) is 16.7 Å². The van der Waals surface area contributed by atoms with Gasteiger partial charge in [0.05, 0.1) is 0 Å². The lowest BCUT2D eigenvalue weighted by Crippen LogP contribution is -2.18. The Hall–Kier alpha value is -2.55. The molecule has 0 fully saturated rings. The van der Waals surface area contributed by atoms with E-state index in [1.807, 2.05) is 56.3 Å². The van der Waals surface area contributed by atoms with Crippen molar-refractivity contribution in [2.45, 2.75) is 20.3 Å². The molecule has 0 aliphatic carbocycles. The highest BCUT2D eigenvalue weighted by Crippen LogP contribution is 2.19. The van der Waals surface area contributed by atoms with Crippen LogP contribution in [0.3, 0.4) is 0 Å². The molecule has 2 aromatic carbocycles. The fraction of sp³-hybridized carbons (Fsp3) is 0.211. The molecule has 0 saturated heterocycles. The Morgan fingerprint density at radius 1 is 1.14 bits per heavy atom. The van der Waals surface area contributed by atoms with Gasteiger partial charge in [-0.15, -0.1) is 6.58 Å². The van der Waals surface area contributed by atoms with Gasteiger partial charge in [-0.2, -0.15) is 0 Å². The van der Waals surface area contributed by atoms with E-state index in [1.165, 1.54) is 0 Å². The maximum Gasteiger partial charge on any atom is 0.349 e. The Kier molecular flexibility index (Phi) is 5.37. The maximum absolute atomic E-state index is 11.9. The van der Waals surface area contributed by atoms with Crippen LogP contribution >= 0.6 is 0 Å². The van der Waals surface area contributed by atoms with Crippen LogP contribution in [-0.2, 0) is 11.2 Å². The van der Waals surface area contributed by atoms with Crippen molar-refractivity contribution in [1.82, 2.24) is 0 Å². The molecule has 0 unspecified atom stereocenters. The summed E-state index contributed by atoms with van der Waals surface area (Å²) in [6.07, 6.45) is 2.50. The minimum Gasteiger partial charge on any atom is -0.482 e. The van der Waals surface area contributed by atoms with Crippen LogP contribution < -0.4 is 9.47 Å². The molecule has 0 radical (unpaired) electrons. The molecule has 3 nitrogen and oxygen atoms in total. The summed E-state index contributed by atoms with van der Waals surface area (Å²) in [5, 5.41) is 0. The van der Waals surface area contributed by atoms with Crippen molar-refractivity contribution in [1.29, 1.82) is 0 Å². The predicted molar refractivity (Wildman–Crippen MR) is 87.4 cm³/mol. The van der Waals surface area contributed by atoms with Gasteiger partial charge in [0, 0.05) is 0 Å². The number of hydrogen-bond acceptors (Lipinski definition) is 3. The highest BCUT2D eigenvalue weighted by atomic mass is 16.6. The molecule has 0 bridgehead atoms. The van der Waals surface area contributed by atoms with Crippen LogP contribution in [0.25, 0.3) is 0 Å². The number of carbonyl (C=O) groups excluding carboxylic acids is 1. The summed E-state index contributed by atoms with van der Waals surface area (Å²) in [6.45, 7) is 7.52. The lowest BCUT2D eigenvalue weighted by Gasteiger charge is -2.10. The zero-order chi connectivity index (χ0) is 15.9. The van der Waals surface area contributed by atoms with Crippen LogP contribution in [-0.4, -0.2) is 12.6 Å². The van der Waals surface area contributed by atoms with Gasteiger partial charge in [0.25, 0.3) is 0 Å². The first-order valence-corrected chi connectivity index (χ1v) is 7.19. The van der Waals surface area contributed by atoms with Crippen molar-refractivity contribution < 1.29 is 14.3 Å². The fourth-order valence-electron chi connectivity index (χ4n) is 2.26. The average molecular weight is 296 g/mol. The fourth-order valence-corrected chi connectivity index (χ4v) is 2.26. The Morgan fingerprint density at radius 2 is 1.82 bits per heavy atom. The second-order valence-corrected chi connectivity index (χ2v) is 5.19. The first-order valence-electron chi connectivity index (χ1n) is 7.19. The standard InChI is InChI=1S/C19H20O3/c1-4-7-16-8-5-6-9-18(16)21-13-19(20)22-17-11-14(2)10-15(3)12-17/h4-6,8-12H,1,7,13H2,2-3H3. The molecule has 0 atom stereocenters. The molecular weight excluding hydrogens is 276 g/mol. The Morgan fingerprint density at radius 3 is 2.50 bits per heavy atom. The highest BCUT2D eigenvalue weighted by molar-refractivity contribution is 5.74. The van der Waals surface area contributed by atoms with Gasteiger partial charge in [0.15, 0.2) is 6.61 Å². The summed E-state index contributed by atoms with van der Waals surface area (Å²) < 4.78 is 10.9. The van der Waals surface area contributed by atoms with Crippen molar-refractivity contribution in [3.05, 3.63) is 71.8 Å². The number of esters is 1. The quantitative estimate of drug-likeness (QED) is 0.459. The Labute approximate surface area is 131 Å². The molecule has 0 heterocycles. The van der Waals surface area contributed by atoms with Gasteiger partial charge in [-0.05, 0) is 55.2 Å². The number of hydrogen-bond donors (Lipinski definition) is 0. The van der Waals surface area contributed by atoms with E-state index in [4.69, 9.17) is 9.47 Å². The van der Waals surface area contributed by atoms with Crippen LogP contribution in [0.15, 0.2) is 55.1 Å². The van der Waals surface area contributed by atoms with Gasteiger partial charge >= 0.3 is 5.97 Å². The number of aryl methyl sites for hydroxylation is 2. The van der Waals surface area contributed by atoms with Gasteiger partial charge < -0.3 is 9.47 Å². The molecule has 0 spiro atoms. The first-order chi connectivity index (χ1) is 10.6. The number of para-hydroxylation sites is 1. The third-order valence-corrected chi connectivity index (χ3v) is 3.11. The third-order valence-electron chi connectivity index (χ3n) is 3.11. The minimum absolute atomic E-state index is 0.124. The van der Waals surface area contributed by atoms with Crippen molar-refractivity contribution >= 4 is 5.97 Å². The SMILES string of the molecule is C=CCc1ccccc1OCC(=O)Oc1cc(C)cc(C)c1. The topological polar surface area (TPSA) is 35.5 Å². The minimum atomic E-state index is -0.418. The molecule has 0 saturated carbocycles. The van der Waals surface area contributed by atoms with Crippen LogP contribution in [0, 0.1) is 13.8 Å². The van der Waals surface area contributed by atoms with Gasteiger partial charge in [-0.1, -0.05) is 30.3 Å². The largest absolute Gasteiger partial charge is 0.482 e. The molecule has 3 heteroatoms. The van der Waals surface area contributed by atoms with Gasteiger partial charge in [-0.3, -0.25) is 0 Å². The second-order valence-electron chi connectivity index (χ2n) is 5.19. The summed E-state index contributed by atoms with van der Waals surface area (Å²) >= 11 is 0. The molecule has 0 N–H and O–H groups in total. The molecule has 114 valence electrons. The number of benzene rings is 2. The Bertz CT molecular complexity index is 654. The van der Waals surface area contributed by atoms with E-state index in [0.29, 0.717) is 17.9 Å². The smallest absolute Gasteiger partial charge is 0.349 e. The molecule has 2 aromatic rings. The summed E-state index contributed by atoms with van der Waals surface area (Å²) in [5.41, 5.74) is 3.11. The van der Waals surface area contributed by atoms with E-state index in [0.717, 1.165) is 16.7 Å². The molecule has 22 heavy (non-hydrogen) atoms. The van der Waals surface area contributed by atoms with Crippen molar-refractivity contribution in [3.63, 3.8) is 0 Å². The van der Waals surface area contributed by atoms with E-state index in [-0.39, 0.29) is 6.61 Å². The van der Waals surface area contributed by atoms with Crippen molar-refractivity contribution in [2.75, 3.05) is 6.61 Å². The number of carbonyl (C=O) groups is 1. The number of ether oxygens (including phenoxy) is 2. The van der Waals surface area contributed by atoms with Crippen LogP contribution in [0.5, 0.6) is 11.5 Å². The van der Waals surface area contributed by atoms with E-state index in [2.05, 4.69) is 6.58 Å². The molecule has 0 aromatic heterocycles. The van der Waals surface area contributed by atoms with Crippen molar-refractivity contribution in [2.24, 2.45) is 0 Å². The molecule has 0 aliphatic heterocycles. The van der Waals surface area contributed by atoms with Gasteiger partial charge in [0.2, 0.25) is 0 Å². The zero-order valence-electron chi connectivity index (χ0n) is 13.0. The van der Waals surface area contributed by atoms with Gasteiger partial charge in [0.1, 0.15) is 11.5 Å². The summed E-state index contributed by atoms with van der Waals surface area (Å²) in [4.78, 5) is 11.9. The summed E-state index contributed by atoms with van der Waals surface area (Å²) in [6, 6.07) is 13.3. The second kappa shape index (κ2) is 7.46. The summed E-state index contributed by atoms with van der Waals surface area (Å²) in [7, 11) is 0. The molecule has 2 rings (SSSR count). The first kappa shape index (κ1) is 15.8. The third kappa shape index (κ3) is 4.48. The lowest BCUT2D eigenvalue weighted by molar-refractivity contribution is -0.136. The predicted octanol–water partition coefficient (Wildman–Crippen LogP) is 4.02. The summed E-state index contributed by atoms with van der Waals surface area (Å²) in [5.74, 6) is 0.809. The highest BCUT2D eigenvalue weighted by Gasteiger charge is 2.09. The van der Waals surface area contributed by atoms with E-state index >= 15 is 0 Å². The molecule has 0 amide bonds. The Balaban J connectivity index is 1.97. The molecule has 0 aliphatic rings. The van der Waals surface area contributed by atoms with Crippen LogP contribution in [0.2, 0.25) is 0 Å².